The Morgan fingerprint density at radius 2 is 2.06 bits per heavy atom. The molecule has 0 radical (unpaired) electrons. The van der Waals surface area contributed by atoms with E-state index in [9.17, 15) is 0 Å². The minimum Gasteiger partial charge on any atom is -0.492 e. The van der Waals surface area contributed by atoms with Crippen LogP contribution in [-0.4, -0.2) is 19.7 Å². The zero-order valence-corrected chi connectivity index (χ0v) is 12.1. The summed E-state index contributed by atoms with van der Waals surface area (Å²) in [5.41, 5.74) is 0. The molecule has 1 aromatic carbocycles. The van der Waals surface area contributed by atoms with Gasteiger partial charge in [0.15, 0.2) is 0 Å². The van der Waals surface area contributed by atoms with Crippen LogP contribution in [0.3, 0.4) is 0 Å². The van der Waals surface area contributed by atoms with Crippen molar-refractivity contribution in [3.8, 4) is 5.75 Å². The van der Waals surface area contributed by atoms with Crippen LogP contribution in [-0.2, 0) is 0 Å². The van der Waals surface area contributed by atoms with E-state index in [0.29, 0.717) is 22.4 Å². The predicted molar refractivity (Wildman–Crippen MR) is 72.8 cm³/mol. The highest BCUT2D eigenvalue weighted by Crippen LogP contribution is 2.33. The van der Waals surface area contributed by atoms with Gasteiger partial charge in [-0.25, -0.2) is 0 Å². The minimum absolute atomic E-state index is 0.569. The Morgan fingerprint density at radius 3 is 2.75 bits per heavy atom. The number of ether oxygens (including phenoxy) is 1. The van der Waals surface area contributed by atoms with Crippen LogP contribution in [0.2, 0.25) is 10.0 Å². The number of benzene rings is 1. The highest BCUT2D eigenvalue weighted by atomic mass is 79.9. The second-order valence-corrected chi connectivity index (χ2v) is 4.92. The Labute approximate surface area is 114 Å². The van der Waals surface area contributed by atoms with Crippen molar-refractivity contribution in [2.45, 2.75) is 13.3 Å². The van der Waals surface area contributed by atoms with E-state index >= 15 is 0 Å². The summed E-state index contributed by atoms with van der Waals surface area (Å²) in [4.78, 5) is 0. The fourth-order valence-electron chi connectivity index (χ4n) is 1.17. The van der Waals surface area contributed by atoms with Crippen molar-refractivity contribution in [3.63, 3.8) is 0 Å². The van der Waals surface area contributed by atoms with Gasteiger partial charge in [-0.05, 0) is 41.5 Å². The van der Waals surface area contributed by atoms with Crippen molar-refractivity contribution < 1.29 is 4.74 Å². The fourth-order valence-corrected chi connectivity index (χ4v) is 2.02. The molecule has 2 nitrogen and oxygen atoms in total. The molecule has 5 heteroatoms. The largest absolute Gasteiger partial charge is 0.492 e. The molecular weight excluding hydrogens is 313 g/mol. The van der Waals surface area contributed by atoms with E-state index in [1.807, 2.05) is 0 Å². The van der Waals surface area contributed by atoms with Gasteiger partial charge in [0.2, 0.25) is 0 Å². The van der Waals surface area contributed by atoms with Crippen molar-refractivity contribution in [1.82, 2.24) is 5.32 Å². The first-order valence-electron chi connectivity index (χ1n) is 5.13. The highest BCUT2D eigenvalue weighted by molar-refractivity contribution is 9.10. The standard InChI is InChI=1S/C11H14BrCl2NO/c1-2-15-4-3-5-16-11-7-9(13)8(12)6-10(11)14/h6-7,15H,2-5H2,1H3. The van der Waals surface area contributed by atoms with Gasteiger partial charge in [0.25, 0.3) is 0 Å². The second-order valence-electron chi connectivity index (χ2n) is 3.25. The van der Waals surface area contributed by atoms with Crippen LogP contribution in [0.5, 0.6) is 5.75 Å². The average Bonchev–Trinajstić information content (AvgIpc) is 2.25. The van der Waals surface area contributed by atoms with E-state index in [0.717, 1.165) is 24.0 Å². The normalized spacial score (nSPS) is 10.5. The van der Waals surface area contributed by atoms with Crippen LogP contribution in [0.25, 0.3) is 0 Å². The molecule has 1 N–H and O–H groups in total. The molecule has 0 amide bonds. The molecule has 0 saturated carbocycles. The fraction of sp³-hybridized carbons (Fsp3) is 0.455. The molecule has 0 bridgehead atoms. The smallest absolute Gasteiger partial charge is 0.139 e. The Balaban J connectivity index is 2.45. The van der Waals surface area contributed by atoms with E-state index in [1.54, 1.807) is 12.1 Å². The molecule has 0 spiro atoms. The molecule has 0 unspecified atom stereocenters. The molecule has 0 saturated heterocycles. The molecule has 0 aliphatic heterocycles. The van der Waals surface area contributed by atoms with Gasteiger partial charge in [0.1, 0.15) is 5.75 Å². The van der Waals surface area contributed by atoms with Gasteiger partial charge in [-0.1, -0.05) is 30.1 Å². The molecule has 0 heterocycles. The third kappa shape index (κ3) is 4.50. The van der Waals surface area contributed by atoms with Gasteiger partial charge in [-0.15, -0.1) is 0 Å². The lowest BCUT2D eigenvalue weighted by Crippen LogP contribution is -2.16. The molecule has 90 valence electrons. The Kier molecular flexibility index (Phi) is 6.51. The summed E-state index contributed by atoms with van der Waals surface area (Å²) in [5, 5.41) is 4.40. The number of nitrogens with one attached hydrogen (secondary N) is 1. The first-order chi connectivity index (χ1) is 7.65. The predicted octanol–water partition coefficient (Wildman–Crippen LogP) is 4.13. The van der Waals surface area contributed by atoms with E-state index in [1.165, 1.54) is 0 Å². The summed E-state index contributed by atoms with van der Waals surface area (Å²) in [6.07, 6.45) is 0.942. The third-order valence-electron chi connectivity index (χ3n) is 1.98. The summed E-state index contributed by atoms with van der Waals surface area (Å²) in [5.74, 6) is 0.631. The minimum atomic E-state index is 0.569. The van der Waals surface area contributed by atoms with Crippen LogP contribution in [0.4, 0.5) is 0 Å². The van der Waals surface area contributed by atoms with Crippen molar-refractivity contribution in [2.24, 2.45) is 0 Å². The number of hydrogen-bond donors (Lipinski definition) is 1. The Morgan fingerprint density at radius 1 is 1.31 bits per heavy atom. The quantitative estimate of drug-likeness (QED) is 0.626. The monoisotopic (exact) mass is 325 g/mol. The first-order valence-corrected chi connectivity index (χ1v) is 6.68. The van der Waals surface area contributed by atoms with Crippen LogP contribution in [0.15, 0.2) is 16.6 Å². The highest BCUT2D eigenvalue weighted by Gasteiger charge is 2.06. The van der Waals surface area contributed by atoms with E-state index in [-0.39, 0.29) is 0 Å². The van der Waals surface area contributed by atoms with Gasteiger partial charge >= 0.3 is 0 Å². The lowest BCUT2D eigenvalue weighted by atomic mass is 10.3. The van der Waals surface area contributed by atoms with Crippen molar-refractivity contribution >= 4 is 39.1 Å². The zero-order chi connectivity index (χ0) is 12.0. The second kappa shape index (κ2) is 7.38. The summed E-state index contributed by atoms with van der Waals surface area (Å²) in [6, 6.07) is 3.46. The van der Waals surface area contributed by atoms with E-state index < -0.39 is 0 Å². The maximum Gasteiger partial charge on any atom is 0.139 e. The molecule has 0 aliphatic rings. The van der Waals surface area contributed by atoms with Gasteiger partial charge in [0, 0.05) is 10.5 Å². The number of rotatable bonds is 6. The summed E-state index contributed by atoms with van der Waals surface area (Å²) < 4.78 is 6.32. The van der Waals surface area contributed by atoms with E-state index in [2.05, 4.69) is 28.2 Å². The van der Waals surface area contributed by atoms with Crippen molar-refractivity contribution in [3.05, 3.63) is 26.7 Å². The lowest BCUT2D eigenvalue weighted by molar-refractivity contribution is 0.309. The van der Waals surface area contributed by atoms with Gasteiger partial charge < -0.3 is 10.1 Å². The molecule has 0 aromatic heterocycles. The number of halogens is 3. The zero-order valence-electron chi connectivity index (χ0n) is 9.03. The summed E-state index contributed by atoms with van der Waals surface area (Å²) in [7, 11) is 0. The average molecular weight is 327 g/mol. The molecule has 1 aromatic rings. The lowest BCUT2D eigenvalue weighted by Gasteiger charge is -2.09. The number of hydrogen-bond acceptors (Lipinski definition) is 2. The van der Waals surface area contributed by atoms with Crippen molar-refractivity contribution in [1.29, 1.82) is 0 Å². The van der Waals surface area contributed by atoms with E-state index in [4.69, 9.17) is 27.9 Å². The first kappa shape index (κ1) is 14.1. The molecule has 1 rings (SSSR count). The third-order valence-corrected chi connectivity index (χ3v) is 3.47. The van der Waals surface area contributed by atoms with Gasteiger partial charge in [-0.2, -0.15) is 0 Å². The molecule has 16 heavy (non-hydrogen) atoms. The van der Waals surface area contributed by atoms with Crippen LogP contribution >= 0.6 is 39.1 Å². The molecule has 0 atom stereocenters. The van der Waals surface area contributed by atoms with Gasteiger partial charge in [0.05, 0.1) is 16.7 Å². The van der Waals surface area contributed by atoms with Crippen LogP contribution < -0.4 is 10.1 Å². The van der Waals surface area contributed by atoms with Gasteiger partial charge in [-0.3, -0.25) is 0 Å². The van der Waals surface area contributed by atoms with Crippen molar-refractivity contribution in [2.75, 3.05) is 19.7 Å². The molecule has 0 aliphatic carbocycles. The SMILES string of the molecule is CCNCCCOc1cc(Cl)c(Br)cc1Cl. The maximum absolute atomic E-state index is 6.01. The van der Waals surface area contributed by atoms with Crippen LogP contribution in [0, 0.1) is 0 Å². The molecule has 0 fully saturated rings. The van der Waals surface area contributed by atoms with Crippen LogP contribution in [0.1, 0.15) is 13.3 Å². The Hall–Kier alpha value is 0.0400. The summed E-state index contributed by atoms with van der Waals surface area (Å²) in [6.45, 7) is 4.63. The maximum atomic E-state index is 6.01. The molecular formula is C11H14BrCl2NO. The summed E-state index contributed by atoms with van der Waals surface area (Å²) >= 11 is 15.3. The topological polar surface area (TPSA) is 21.3 Å². The Bertz CT molecular complexity index is 347.